The summed E-state index contributed by atoms with van der Waals surface area (Å²) in [6.07, 6.45) is 4.44. The van der Waals surface area contributed by atoms with Crippen LogP contribution in [0.1, 0.15) is 32.6 Å². The molecule has 0 aromatic heterocycles. The minimum Gasteiger partial charge on any atom is -0.337 e. The number of piperidine rings is 1. The van der Waals surface area contributed by atoms with E-state index in [1.54, 1.807) is 0 Å². The molecule has 3 aliphatic rings. The number of hydrogen-bond donors (Lipinski definition) is 1. The van der Waals surface area contributed by atoms with Gasteiger partial charge in [-0.15, -0.1) is 0 Å². The number of likely N-dealkylation sites (tertiary alicyclic amines) is 1. The maximum atomic E-state index is 12.1. The van der Waals surface area contributed by atoms with Gasteiger partial charge in [0.1, 0.15) is 0 Å². The highest BCUT2D eigenvalue weighted by molar-refractivity contribution is 5.85. The highest BCUT2D eigenvalue weighted by atomic mass is 16.2. The van der Waals surface area contributed by atoms with Crippen LogP contribution in [-0.4, -0.2) is 29.4 Å². The average Bonchev–Trinajstić information content (AvgIpc) is 2.63. The number of hydrogen-bond acceptors (Lipinski definition) is 2. The zero-order valence-electron chi connectivity index (χ0n) is 8.70. The van der Waals surface area contributed by atoms with Gasteiger partial charge in [-0.2, -0.15) is 0 Å². The van der Waals surface area contributed by atoms with E-state index in [-0.39, 0.29) is 11.5 Å². The first kappa shape index (κ1) is 8.72. The molecular weight excluding hydrogens is 176 g/mol. The molecule has 3 rings (SSSR count). The predicted octanol–water partition coefficient (Wildman–Crippen LogP) is 0.735. The van der Waals surface area contributed by atoms with E-state index >= 15 is 0 Å². The lowest BCUT2D eigenvalue weighted by molar-refractivity contribution is -0.138. The lowest BCUT2D eigenvalue weighted by atomic mass is 10.0. The summed E-state index contributed by atoms with van der Waals surface area (Å²) >= 11 is 0. The van der Waals surface area contributed by atoms with E-state index in [0.29, 0.717) is 17.9 Å². The van der Waals surface area contributed by atoms with Crippen molar-refractivity contribution < 1.29 is 4.79 Å². The van der Waals surface area contributed by atoms with E-state index in [1.807, 2.05) is 0 Å². The predicted molar refractivity (Wildman–Crippen MR) is 53.5 cm³/mol. The molecule has 78 valence electrons. The van der Waals surface area contributed by atoms with Crippen LogP contribution in [0.25, 0.3) is 0 Å². The summed E-state index contributed by atoms with van der Waals surface area (Å²) in [5, 5.41) is 0. The summed E-state index contributed by atoms with van der Waals surface area (Å²) in [6, 6.07) is 0.616. The van der Waals surface area contributed by atoms with Crippen molar-refractivity contribution in [2.45, 2.75) is 44.7 Å². The van der Waals surface area contributed by atoms with Crippen LogP contribution >= 0.6 is 0 Å². The Morgan fingerprint density at radius 1 is 1.43 bits per heavy atom. The van der Waals surface area contributed by atoms with Gasteiger partial charge in [-0.1, -0.05) is 6.92 Å². The standard InChI is InChI=1S/C11H18N2O/c1-11(2-3-11)10(14)13-6-7-4-8(12)9(13)5-7/h7-9H,2-6,12H2,1H3. The van der Waals surface area contributed by atoms with Crippen LogP contribution < -0.4 is 5.73 Å². The molecule has 0 aromatic rings. The Bertz CT molecular complexity index is 285. The van der Waals surface area contributed by atoms with E-state index in [9.17, 15) is 4.79 Å². The fourth-order valence-corrected chi connectivity index (χ4v) is 3.06. The van der Waals surface area contributed by atoms with Gasteiger partial charge in [0, 0.05) is 24.0 Å². The molecule has 2 aliphatic carbocycles. The van der Waals surface area contributed by atoms with Crippen molar-refractivity contribution in [2.75, 3.05) is 6.54 Å². The largest absolute Gasteiger partial charge is 0.337 e. The molecule has 1 saturated heterocycles. The van der Waals surface area contributed by atoms with Crippen molar-refractivity contribution in [1.82, 2.24) is 4.90 Å². The number of fused-ring (bicyclic) bond motifs is 2. The fraction of sp³-hybridized carbons (Fsp3) is 0.909. The summed E-state index contributed by atoms with van der Waals surface area (Å²) < 4.78 is 0. The van der Waals surface area contributed by atoms with Crippen LogP contribution in [0.4, 0.5) is 0 Å². The second-order valence-corrected chi connectivity index (χ2v) is 5.59. The third kappa shape index (κ3) is 1.05. The van der Waals surface area contributed by atoms with Crippen LogP contribution in [0.3, 0.4) is 0 Å². The van der Waals surface area contributed by atoms with Gasteiger partial charge in [0.2, 0.25) is 5.91 Å². The van der Waals surface area contributed by atoms with E-state index < -0.39 is 0 Å². The molecule has 0 aromatic carbocycles. The second kappa shape index (κ2) is 2.51. The summed E-state index contributed by atoms with van der Waals surface area (Å²) in [5.74, 6) is 1.07. The summed E-state index contributed by atoms with van der Waals surface area (Å²) in [4.78, 5) is 14.2. The Morgan fingerprint density at radius 3 is 2.64 bits per heavy atom. The quantitative estimate of drug-likeness (QED) is 0.669. The molecule has 3 unspecified atom stereocenters. The first-order chi connectivity index (χ1) is 6.60. The Morgan fingerprint density at radius 2 is 2.14 bits per heavy atom. The lowest BCUT2D eigenvalue weighted by Gasteiger charge is -2.33. The molecule has 3 nitrogen and oxygen atoms in total. The molecule has 2 saturated carbocycles. The third-order valence-corrected chi connectivity index (χ3v) is 4.31. The molecular formula is C11H18N2O. The zero-order chi connectivity index (χ0) is 9.92. The second-order valence-electron chi connectivity index (χ2n) is 5.59. The van der Waals surface area contributed by atoms with Crippen molar-refractivity contribution in [3.63, 3.8) is 0 Å². The molecule has 3 fully saturated rings. The number of carbonyl (C=O) groups excluding carboxylic acids is 1. The minimum atomic E-state index is -0.00972. The van der Waals surface area contributed by atoms with Gasteiger partial charge in [-0.25, -0.2) is 0 Å². The number of nitrogens with two attached hydrogens (primary N) is 1. The van der Waals surface area contributed by atoms with Gasteiger partial charge in [-0.3, -0.25) is 4.79 Å². The SMILES string of the molecule is CC1(C(=O)N2CC3CC(N)C2C3)CC1. The van der Waals surface area contributed by atoms with Gasteiger partial charge in [0.15, 0.2) is 0 Å². The first-order valence-corrected chi connectivity index (χ1v) is 5.67. The topological polar surface area (TPSA) is 46.3 Å². The first-order valence-electron chi connectivity index (χ1n) is 5.67. The molecule has 3 atom stereocenters. The summed E-state index contributed by atoms with van der Waals surface area (Å²) in [5.41, 5.74) is 6.01. The fourth-order valence-electron chi connectivity index (χ4n) is 3.06. The van der Waals surface area contributed by atoms with Crippen molar-refractivity contribution >= 4 is 5.91 Å². The number of rotatable bonds is 1. The number of amides is 1. The Kier molecular flexibility index (Phi) is 1.56. The van der Waals surface area contributed by atoms with Crippen LogP contribution in [0.5, 0.6) is 0 Å². The van der Waals surface area contributed by atoms with Gasteiger partial charge in [-0.05, 0) is 31.6 Å². The maximum Gasteiger partial charge on any atom is 0.228 e. The molecule has 2 bridgehead atoms. The van der Waals surface area contributed by atoms with E-state index in [1.165, 1.54) is 0 Å². The highest BCUT2D eigenvalue weighted by Gasteiger charge is 2.53. The maximum absolute atomic E-state index is 12.1. The van der Waals surface area contributed by atoms with Crippen LogP contribution in [-0.2, 0) is 4.79 Å². The van der Waals surface area contributed by atoms with Gasteiger partial charge in [0.25, 0.3) is 0 Å². The molecule has 1 amide bonds. The van der Waals surface area contributed by atoms with E-state index in [4.69, 9.17) is 5.73 Å². The third-order valence-electron chi connectivity index (χ3n) is 4.31. The Labute approximate surface area is 84.6 Å². The van der Waals surface area contributed by atoms with Crippen LogP contribution in [0.2, 0.25) is 0 Å². The van der Waals surface area contributed by atoms with Crippen molar-refractivity contribution in [3.8, 4) is 0 Å². The van der Waals surface area contributed by atoms with Gasteiger partial charge >= 0.3 is 0 Å². The van der Waals surface area contributed by atoms with Crippen molar-refractivity contribution in [1.29, 1.82) is 0 Å². The molecule has 2 N–H and O–H groups in total. The molecule has 14 heavy (non-hydrogen) atoms. The van der Waals surface area contributed by atoms with Gasteiger partial charge in [0.05, 0.1) is 0 Å². The summed E-state index contributed by atoms with van der Waals surface area (Å²) in [7, 11) is 0. The normalized spacial score (nSPS) is 43.0. The molecule has 3 heteroatoms. The highest BCUT2D eigenvalue weighted by Crippen LogP contribution is 2.49. The average molecular weight is 194 g/mol. The van der Waals surface area contributed by atoms with Crippen molar-refractivity contribution in [2.24, 2.45) is 17.1 Å². The Balaban J connectivity index is 1.78. The monoisotopic (exact) mass is 194 g/mol. The minimum absolute atomic E-state index is 0.00972. The number of nitrogens with zero attached hydrogens (tertiary/aromatic N) is 1. The van der Waals surface area contributed by atoms with Crippen LogP contribution in [0.15, 0.2) is 0 Å². The van der Waals surface area contributed by atoms with Crippen LogP contribution in [0, 0.1) is 11.3 Å². The number of carbonyl (C=O) groups is 1. The molecule has 1 heterocycles. The molecule has 0 spiro atoms. The summed E-state index contributed by atoms with van der Waals surface area (Å²) in [6.45, 7) is 3.07. The zero-order valence-corrected chi connectivity index (χ0v) is 8.70. The molecule has 0 radical (unpaired) electrons. The van der Waals surface area contributed by atoms with E-state index in [0.717, 1.165) is 32.2 Å². The van der Waals surface area contributed by atoms with Gasteiger partial charge < -0.3 is 10.6 Å². The Hall–Kier alpha value is -0.570. The lowest BCUT2D eigenvalue weighted by Crippen LogP contribution is -2.50. The molecule has 1 aliphatic heterocycles. The smallest absolute Gasteiger partial charge is 0.228 e. The van der Waals surface area contributed by atoms with Crippen molar-refractivity contribution in [3.05, 3.63) is 0 Å². The van der Waals surface area contributed by atoms with E-state index in [2.05, 4.69) is 11.8 Å².